The molecule has 0 saturated carbocycles. The molecule has 0 fully saturated rings. The van der Waals surface area contributed by atoms with Crippen LogP contribution in [0.25, 0.3) is 0 Å². The molecule has 0 saturated heterocycles. The summed E-state index contributed by atoms with van der Waals surface area (Å²) < 4.78 is 19.1. The fourth-order valence-corrected chi connectivity index (χ4v) is 1.98. The van der Waals surface area contributed by atoms with E-state index in [2.05, 4.69) is 5.32 Å². The first-order chi connectivity index (χ1) is 10.0. The number of nitrogens with one attached hydrogen (secondary N) is 1. The maximum absolute atomic E-state index is 13.7. The van der Waals surface area contributed by atoms with E-state index in [1.807, 2.05) is 6.92 Å². The Balaban J connectivity index is 2.28. The maximum Gasteiger partial charge on any atom is 0.255 e. The standard InChI is InChI=1S/C16H17FN2O2/c1-3-21-13-8-11(7-12(18)9-13)16(20)19-15-10(2)5-4-6-14(15)17/h4-9H,3,18H2,1-2H3,(H,19,20). The first-order valence-corrected chi connectivity index (χ1v) is 6.61. The van der Waals surface area contributed by atoms with Gasteiger partial charge in [0, 0.05) is 17.3 Å². The van der Waals surface area contributed by atoms with Crippen LogP contribution in [0.4, 0.5) is 15.8 Å². The van der Waals surface area contributed by atoms with E-state index >= 15 is 0 Å². The highest BCUT2D eigenvalue weighted by Crippen LogP contribution is 2.22. The topological polar surface area (TPSA) is 64.3 Å². The molecule has 0 aliphatic rings. The second kappa shape index (κ2) is 6.26. The monoisotopic (exact) mass is 288 g/mol. The lowest BCUT2D eigenvalue weighted by Crippen LogP contribution is -2.14. The van der Waals surface area contributed by atoms with E-state index in [0.717, 1.165) is 0 Å². The zero-order chi connectivity index (χ0) is 15.4. The molecule has 0 aliphatic heterocycles. The molecule has 2 aromatic carbocycles. The lowest BCUT2D eigenvalue weighted by molar-refractivity contribution is 0.102. The van der Waals surface area contributed by atoms with Crippen LogP contribution in [0, 0.1) is 12.7 Å². The predicted molar refractivity (Wildman–Crippen MR) is 81.1 cm³/mol. The molecule has 0 atom stereocenters. The van der Waals surface area contributed by atoms with Crippen LogP contribution in [-0.4, -0.2) is 12.5 Å². The van der Waals surface area contributed by atoms with Gasteiger partial charge in [-0.2, -0.15) is 0 Å². The van der Waals surface area contributed by atoms with E-state index in [-0.39, 0.29) is 5.69 Å². The van der Waals surface area contributed by atoms with E-state index in [9.17, 15) is 9.18 Å². The van der Waals surface area contributed by atoms with Crippen molar-refractivity contribution in [3.05, 3.63) is 53.3 Å². The molecule has 0 radical (unpaired) electrons. The van der Waals surface area contributed by atoms with E-state index in [1.54, 1.807) is 31.2 Å². The summed E-state index contributed by atoms with van der Waals surface area (Å²) in [6.45, 7) is 4.03. The number of amides is 1. The molecule has 21 heavy (non-hydrogen) atoms. The lowest BCUT2D eigenvalue weighted by atomic mass is 10.1. The second-order valence-electron chi connectivity index (χ2n) is 4.61. The number of carbonyl (C=O) groups excluding carboxylic acids is 1. The van der Waals surface area contributed by atoms with Crippen LogP contribution in [0.5, 0.6) is 5.75 Å². The Labute approximate surface area is 122 Å². The minimum atomic E-state index is -0.475. The van der Waals surface area contributed by atoms with Crippen molar-refractivity contribution in [3.63, 3.8) is 0 Å². The SMILES string of the molecule is CCOc1cc(N)cc(C(=O)Nc2c(C)cccc2F)c1. The Kier molecular flexibility index (Phi) is 4.42. The van der Waals surface area contributed by atoms with Crippen LogP contribution in [-0.2, 0) is 0 Å². The number of rotatable bonds is 4. The number of carbonyl (C=O) groups is 1. The first kappa shape index (κ1) is 14.8. The molecule has 0 heterocycles. The van der Waals surface area contributed by atoms with Crippen LogP contribution in [0.2, 0.25) is 0 Å². The number of benzene rings is 2. The third-order valence-electron chi connectivity index (χ3n) is 2.96. The number of aryl methyl sites for hydroxylation is 1. The number of para-hydroxylation sites is 1. The molecule has 0 bridgehead atoms. The zero-order valence-electron chi connectivity index (χ0n) is 11.9. The van der Waals surface area contributed by atoms with Crippen LogP contribution < -0.4 is 15.8 Å². The molecule has 4 nitrogen and oxygen atoms in total. The Morgan fingerprint density at radius 3 is 2.76 bits per heavy atom. The van der Waals surface area contributed by atoms with Crippen molar-refractivity contribution in [2.45, 2.75) is 13.8 Å². The van der Waals surface area contributed by atoms with Gasteiger partial charge in [-0.1, -0.05) is 12.1 Å². The molecule has 1 amide bonds. The number of nitrogen functional groups attached to an aromatic ring is 1. The number of nitrogens with two attached hydrogens (primary N) is 1. The van der Waals surface area contributed by atoms with Crippen LogP contribution in [0.3, 0.4) is 0 Å². The molecule has 0 aliphatic carbocycles. The van der Waals surface area contributed by atoms with Crippen molar-refractivity contribution < 1.29 is 13.9 Å². The Bertz CT molecular complexity index is 651. The largest absolute Gasteiger partial charge is 0.494 e. The minimum Gasteiger partial charge on any atom is -0.494 e. The maximum atomic E-state index is 13.7. The molecule has 110 valence electrons. The Hall–Kier alpha value is -2.56. The van der Waals surface area contributed by atoms with E-state index in [1.165, 1.54) is 12.1 Å². The van der Waals surface area contributed by atoms with Gasteiger partial charge in [-0.25, -0.2) is 4.39 Å². The molecule has 3 N–H and O–H groups in total. The van der Waals surface area contributed by atoms with Gasteiger partial charge >= 0.3 is 0 Å². The molecular formula is C16H17FN2O2. The molecule has 0 aromatic heterocycles. The summed E-state index contributed by atoms with van der Waals surface area (Å²) in [5.41, 5.74) is 7.30. The summed E-state index contributed by atoms with van der Waals surface area (Å²) in [5, 5.41) is 2.57. The highest BCUT2D eigenvalue weighted by Gasteiger charge is 2.13. The van der Waals surface area contributed by atoms with Gasteiger partial charge in [-0.3, -0.25) is 4.79 Å². The van der Waals surface area contributed by atoms with E-state index in [4.69, 9.17) is 10.5 Å². The number of ether oxygens (including phenoxy) is 1. The molecule has 0 spiro atoms. The highest BCUT2D eigenvalue weighted by molar-refractivity contribution is 6.05. The molecule has 0 unspecified atom stereocenters. The average molecular weight is 288 g/mol. The van der Waals surface area contributed by atoms with Crippen LogP contribution in [0.15, 0.2) is 36.4 Å². The molecule has 2 rings (SSSR count). The van der Waals surface area contributed by atoms with Crippen molar-refractivity contribution in [1.29, 1.82) is 0 Å². The molecular weight excluding hydrogens is 271 g/mol. The van der Waals surface area contributed by atoms with Crippen molar-refractivity contribution >= 4 is 17.3 Å². The fraction of sp³-hybridized carbons (Fsp3) is 0.188. The van der Waals surface area contributed by atoms with Gasteiger partial charge in [0.05, 0.1) is 12.3 Å². The zero-order valence-corrected chi connectivity index (χ0v) is 11.9. The van der Waals surface area contributed by atoms with Crippen molar-refractivity contribution in [2.24, 2.45) is 0 Å². The smallest absolute Gasteiger partial charge is 0.255 e. The van der Waals surface area contributed by atoms with Gasteiger partial charge in [0.2, 0.25) is 0 Å². The van der Waals surface area contributed by atoms with Crippen molar-refractivity contribution in [3.8, 4) is 5.75 Å². The van der Waals surface area contributed by atoms with Crippen molar-refractivity contribution in [2.75, 3.05) is 17.7 Å². The van der Waals surface area contributed by atoms with E-state index < -0.39 is 11.7 Å². The number of halogens is 1. The second-order valence-corrected chi connectivity index (χ2v) is 4.61. The average Bonchev–Trinajstić information content (AvgIpc) is 2.42. The normalized spacial score (nSPS) is 10.2. The number of hydrogen-bond acceptors (Lipinski definition) is 3. The van der Waals surface area contributed by atoms with E-state index in [0.29, 0.717) is 29.2 Å². The number of anilines is 2. The Morgan fingerprint density at radius 2 is 2.10 bits per heavy atom. The summed E-state index contributed by atoms with van der Waals surface area (Å²) in [5.74, 6) is -0.401. The van der Waals surface area contributed by atoms with Gasteiger partial charge in [-0.15, -0.1) is 0 Å². The summed E-state index contributed by atoms with van der Waals surface area (Å²) in [6, 6.07) is 9.35. The highest BCUT2D eigenvalue weighted by atomic mass is 19.1. The first-order valence-electron chi connectivity index (χ1n) is 6.61. The minimum absolute atomic E-state index is 0.169. The van der Waals surface area contributed by atoms with Gasteiger partial charge in [-0.05, 0) is 37.6 Å². The third-order valence-corrected chi connectivity index (χ3v) is 2.96. The Morgan fingerprint density at radius 1 is 1.33 bits per heavy atom. The van der Waals surface area contributed by atoms with Gasteiger partial charge in [0.15, 0.2) is 0 Å². The summed E-state index contributed by atoms with van der Waals surface area (Å²) in [6.07, 6.45) is 0. The lowest BCUT2D eigenvalue weighted by Gasteiger charge is -2.11. The molecule has 2 aromatic rings. The third kappa shape index (κ3) is 3.51. The fourth-order valence-electron chi connectivity index (χ4n) is 1.98. The van der Waals surface area contributed by atoms with Crippen LogP contribution >= 0.6 is 0 Å². The van der Waals surface area contributed by atoms with Gasteiger partial charge in [0.25, 0.3) is 5.91 Å². The predicted octanol–water partition coefficient (Wildman–Crippen LogP) is 3.37. The van der Waals surface area contributed by atoms with Crippen molar-refractivity contribution in [1.82, 2.24) is 0 Å². The molecule has 5 heteroatoms. The van der Waals surface area contributed by atoms with Crippen LogP contribution in [0.1, 0.15) is 22.8 Å². The van der Waals surface area contributed by atoms with Gasteiger partial charge in [0.1, 0.15) is 11.6 Å². The van der Waals surface area contributed by atoms with Gasteiger partial charge < -0.3 is 15.8 Å². The summed E-state index contributed by atoms with van der Waals surface area (Å²) >= 11 is 0. The summed E-state index contributed by atoms with van der Waals surface area (Å²) in [4.78, 5) is 12.2. The summed E-state index contributed by atoms with van der Waals surface area (Å²) in [7, 11) is 0. The number of hydrogen-bond donors (Lipinski definition) is 2. The quantitative estimate of drug-likeness (QED) is 0.848.